The Kier molecular flexibility index (Phi) is 4.58. The molecule has 1 rings (SSSR count). The molecule has 0 spiro atoms. The Hall–Kier alpha value is -1.02. The molecular formula is C10H16N2O4S. The molecule has 0 radical (unpaired) electrons. The second-order valence-electron chi connectivity index (χ2n) is 3.94. The van der Waals surface area contributed by atoms with Gasteiger partial charge in [0.05, 0.1) is 12.2 Å². The van der Waals surface area contributed by atoms with E-state index in [-0.39, 0.29) is 18.0 Å². The summed E-state index contributed by atoms with van der Waals surface area (Å²) < 4.78 is 30.6. The van der Waals surface area contributed by atoms with Crippen LogP contribution in [-0.2, 0) is 14.8 Å². The molecule has 0 amide bonds. The van der Waals surface area contributed by atoms with Crippen molar-refractivity contribution in [3.05, 3.63) is 24.5 Å². The van der Waals surface area contributed by atoms with Crippen molar-refractivity contribution in [1.29, 1.82) is 0 Å². The highest BCUT2D eigenvalue weighted by molar-refractivity contribution is 7.89. The predicted octanol–water partition coefficient (Wildman–Crippen LogP) is -0.243. The highest BCUT2D eigenvalue weighted by Gasteiger charge is 2.24. The number of sulfonamides is 1. The van der Waals surface area contributed by atoms with Crippen molar-refractivity contribution < 1.29 is 18.3 Å². The van der Waals surface area contributed by atoms with Crippen LogP contribution in [0.15, 0.2) is 29.4 Å². The van der Waals surface area contributed by atoms with Crippen LogP contribution >= 0.6 is 0 Å². The van der Waals surface area contributed by atoms with E-state index in [9.17, 15) is 13.5 Å². The zero-order chi connectivity index (χ0) is 12.9. The second kappa shape index (κ2) is 5.54. The fourth-order valence-corrected chi connectivity index (χ4v) is 2.33. The minimum atomic E-state index is -3.64. The largest absolute Gasteiger partial charge is 0.386 e. The number of aromatic nitrogens is 1. The van der Waals surface area contributed by atoms with E-state index in [1.54, 1.807) is 0 Å². The number of pyridine rings is 1. The van der Waals surface area contributed by atoms with E-state index >= 15 is 0 Å². The van der Waals surface area contributed by atoms with Gasteiger partial charge in [0, 0.05) is 26.0 Å². The molecular weight excluding hydrogens is 244 g/mol. The predicted molar refractivity (Wildman–Crippen MR) is 61.9 cm³/mol. The van der Waals surface area contributed by atoms with Crippen LogP contribution in [0.3, 0.4) is 0 Å². The van der Waals surface area contributed by atoms with Crippen LogP contribution in [-0.4, -0.2) is 44.4 Å². The van der Waals surface area contributed by atoms with E-state index < -0.39 is 15.6 Å². The molecule has 0 saturated carbocycles. The molecule has 0 aromatic carbocycles. The molecule has 0 aliphatic rings. The molecule has 0 aliphatic heterocycles. The minimum Gasteiger partial charge on any atom is -0.386 e. The van der Waals surface area contributed by atoms with E-state index in [0.717, 1.165) is 0 Å². The van der Waals surface area contributed by atoms with Crippen LogP contribution < -0.4 is 4.72 Å². The normalized spacial score (nSPS) is 15.5. The van der Waals surface area contributed by atoms with Crippen LogP contribution in [0.2, 0.25) is 0 Å². The Balaban J connectivity index is 2.69. The average molecular weight is 260 g/mol. The first kappa shape index (κ1) is 14.0. The van der Waals surface area contributed by atoms with Gasteiger partial charge < -0.3 is 9.84 Å². The summed E-state index contributed by atoms with van der Waals surface area (Å²) >= 11 is 0. The molecule has 7 heteroatoms. The van der Waals surface area contributed by atoms with Crippen LogP contribution in [0.4, 0.5) is 0 Å². The van der Waals surface area contributed by atoms with Gasteiger partial charge in [0.15, 0.2) is 0 Å². The Morgan fingerprint density at radius 1 is 1.59 bits per heavy atom. The van der Waals surface area contributed by atoms with Crippen molar-refractivity contribution in [2.24, 2.45) is 0 Å². The molecule has 1 aromatic rings. The third kappa shape index (κ3) is 4.39. The van der Waals surface area contributed by atoms with Crippen molar-refractivity contribution in [2.45, 2.75) is 17.4 Å². The number of rotatable bonds is 6. The summed E-state index contributed by atoms with van der Waals surface area (Å²) in [5.74, 6) is 0. The monoisotopic (exact) mass is 260 g/mol. The molecule has 1 aromatic heterocycles. The summed E-state index contributed by atoms with van der Waals surface area (Å²) in [5, 5.41) is 9.76. The lowest BCUT2D eigenvalue weighted by atomic mass is 10.1. The third-order valence-electron chi connectivity index (χ3n) is 2.04. The maximum absolute atomic E-state index is 11.8. The van der Waals surface area contributed by atoms with Gasteiger partial charge in [-0.25, -0.2) is 13.1 Å². The topological polar surface area (TPSA) is 88.5 Å². The number of nitrogens with one attached hydrogen (secondary N) is 1. The van der Waals surface area contributed by atoms with Crippen molar-refractivity contribution in [3.63, 3.8) is 0 Å². The minimum absolute atomic E-state index is 0.0442. The lowest BCUT2D eigenvalue weighted by Gasteiger charge is -2.22. The molecule has 1 atom stereocenters. The first-order chi connectivity index (χ1) is 7.87. The van der Waals surface area contributed by atoms with Crippen molar-refractivity contribution in [3.8, 4) is 0 Å². The molecule has 17 heavy (non-hydrogen) atoms. The molecule has 0 fully saturated rings. The van der Waals surface area contributed by atoms with E-state index in [1.165, 1.54) is 38.6 Å². The maximum Gasteiger partial charge on any atom is 0.242 e. The summed E-state index contributed by atoms with van der Waals surface area (Å²) in [5.41, 5.74) is -1.25. The molecule has 1 heterocycles. The zero-order valence-electron chi connectivity index (χ0n) is 9.75. The van der Waals surface area contributed by atoms with E-state index in [2.05, 4.69) is 9.71 Å². The standard InChI is InChI=1S/C10H16N2O4S/c1-10(13,8-16-2)7-12-17(14,15)9-4-3-5-11-6-9/h3-6,12-13H,7-8H2,1-2H3/t10-/m0/s1. The number of hydrogen-bond acceptors (Lipinski definition) is 5. The van der Waals surface area contributed by atoms with Crippen molar-refractivity contribution >= 4 is 10.0 Å². The Bertz CT molecular complexity index is 445. The highest BCUT2D eigenvalue weighted by Crippen LogP contribution is 2.08. The van der Waals surface area contributed by atoms with Crippen LogP contribution in [0.5, 0.6) is 0 Å². The molecule has 0 unspecified atom stereocenters. The highest BCUT2D eigenvalue weighted by atomic mass is 32.2. The van der Waals surface area contributed by atoms with Crippen LogP contribution in [0, 0.1) is 0 Å². The molecule has 96 valence electrons. The van der Waals surface area contributed by atoms with Gasteiger partial charge in [-0.2, -0.15) is 0 Å². The van der Waals surface area contributed by atoms with E-state index in [0.29, 0.717) is 0 Å². The van der Waals surface area contributed by atoms with Gasteiger partial charge in [-0.1, -0.05) is 0 Å². The number of hydrogen-bond donors (Lipinski definition) is 2. The summed E-state index contributed by atoms with van der Waals surface area (Å²) in [7, 11) is -2.21. The third-order valence-corrected chi connectivity index (χ3v) is 3.43. The molecule has 0 aliphatic carbocycles. The fraction of sp³-hybridized carbons (Fsp3) is 0.500. The molecule has 6 nitrogen and oxygen atoms in total. The van der Waals surface area contributed by atoms with Gasteiger partial charge in [-0.3, -0.25) is 4.98 Å². The molecule has 0 saturated heterocycles. The molecule has 0 bridgehead atoms. The van der Waals surface area contributed by atoms with Gasteiger partial charge >= 0.3 is 0 Å². The maximum atomic E-state index is 11.8. The van der Waals surface area contributed by atoms with Crippen LogP contribution in [0.1, 0.15) is 6.92 Å². The van der Waals surface area contributed by atoms with Gasteiger partial charge in [0.1, 0.15) is 4.90 Å². The van der Waals surface area contributed by atoms with Gasteiger partial charge in [0.25, 0.3) is 0 Å². The fourth-order valence-electron chi connectivity index (χ4n) is 1.20. The Morgan fingerprint density at radius 2 is 2.29 bits per heavy atom. The first-order valence-electron chi connectivity index (χ1n) is 4.98. The average Bonchev–Trinajstić information content (AvgIpc) is 2.28. The number of aliphatic hydroxyl groups is 1. The van der Waals surface area contributed by atoms with Gasteiger partial charge in [-0.15, -0.1) is 0 Å². The number of nitrogens with zero attached hydrogens (tertiary/aromatic N) is 1. The van der Waals surface area contributed by atoms with Crippen molar-refractivity contribution in [1.82, 2.24) is 9.71 Å². The lowest BCUT2D eigenvalue weighted by molar-refractivity contribution is -0.0119. The Labute approximate surface area is 101 Å². The van der Waals surface area contributed by atoms with Gasteiger partial charge in [0.2, 0.25) is 10.0 Å². The van der Waals surface area contributed by atoms with Crippen LogP contribution in [0.25, 0.3) is 0 Å². The zero-order valence-corrected chi connectivity index (χ0v) is 10.6. The SMILES string of the molecule is COC[C@@](C)(O)CNS(=O)(=O)c1cccnc1. The number of ether oxygens (including phenoxy) is 1. The second-order valence-corrected chi connectivity index (χ2v) is 5.71. The number of methoxy groups -OCH3 is 1. The van der Waals surface area contributed by atoms with E-state index in [4.69, 9.17) is 4.74 Å². The summed E-state index contributed by atoms with van der Waals surface area (Å²) in [6.45, 7) is 1.41. The molecule has 2 N–H and O–H groups in total. The quantitative estimate of drug-likeness (QED) is 0.737. The van der Waals surface area contributed by atoms with E-state index in [1.807, 2.05) is 0 Å². The lowest BCUT2D eigenvalue weighted by Crippen LogP contribution is -2.43. The summed E-state index contributed by atoms with van der Waals surface area (Å²) in [6.07, 6.45) is 2.73. The smallest absolute Gasteiger partial charge is 0.242 e. The van der Waals surface area contributed by atoms with Crippen molar-refractivity contribution in [2.75, 3.05) is 20.3 Å². The van der Waals surface area contributed by atoms with Gasteiger partial charge in [-0.05, 0) is 19.1 Å². The summed E-state index contributed by atoms with van der Waals surface area (Å²) in [4.78, 5) is 3.79. The Morgan fingerprint density at radius 3 is 2.82 bits per heavy atom. The first-order valence-corrected chi connectivity index (χ1v) is 6.47. The summed E-state index contributed by atoms with van der Waals surface area (Å²) in [6, 6.07) is 2.96.